The molecule has 7 rings (SSSR count). The van der Waals surface area contributed by atoms with E-state index in [4.69, 9.17) is 9.40 Å². The maximum atomic E-state index is 15.3. The lowest BCUT2D eigenvalue weighted by atomic mass is 10.0. The normalized spacial score (nSPS) is 11.3. The fourth-order valence-electron chi connectivity index (χ4n) is 4.76. The number of hydrogen-bond donors (Lipinski definition) is 3. The van der Waals surface area contributed by atoms with Crippen LogP contribution in [-0.2, 0) is 11.2 Å². The van der Waals surface area contributed by atoms with E-state index in [0.29, 0.717) is 50.4 Å². The van der Waals surface area contributed by atoms with Gasteiger partial charge < -0.3 is 14.7 Å². The molecule has 0 aliphatic heterocycles. The second-order valence-electron chi connectivity index (χ2n) is 9.28. The van der Waals surface area contributed by atoms with Crippen molar-refractivity contribution in [1.82, 2.24) is 30.1 Å². The SMILES string of the molecule is O=C(Cc1ccccc1)Nc1cncc(-c2cc3c(-c4nc5c(-c6ccoc6)ccnc5[nH]4)n[nH]c3cc2F)c1. The van der Waals surface area contributed by atoms with Gasteiger partial charge in [0.15, 0.2) is 11.5 Å². The first-order valence-electron chi connectivity index (χ1n) is 12.5. The number of furan rings is 1. The van der Waals surface area contributed by atoms with E-state index in [1.165, 1.54) is 12.3 Å². The van der Waals surface area contributed by atoms with Crippen molar-refractivity contribution in [1.29, 1.82) is 0 Å². The van der Waals surface area contributed by atoms with E-state index in [-0.39, 0.29) is 12.3 Å². The zero-order valence-corrected chi connectivity index (χ0v) is 20.9. The van der Waals surface area contributed by atoms with Crippen LogP contribution in [0.15, 0.2) is 96.2 Å². The average Bonchev–Trinajstić information content (AvgIpc) is 3.72. The molecule has 7 aromatic rings. The minimum absolute atomic E-state index is 0.188. The Kier molecular flexibility index (Phi) is 5.63. The summed E-state index contributed by atoms with van der Waals surface area (Å²) in [5, 5.41) is 10.8. The monoisotopic (exact) mass is 529 g/mol. The first-order valence-corrected chi connectivity index (χ1v) is 12.5. The third-order valence-electron chi connectivity index (χ3n) is 6.63. The van der Waals surface area contributed by atoms with Gasteiger partial charge in [0.05, 0.1) is 36.3 Å². The van der Waals surface area contributed by atoms with Crippen LogP contribution in [0.2, 0.25) is 0 Å². The van der Waals surface area contributed by atoms with Crippen molar-refractivity contribution in [2.45, 2.75) is 6.42 Å². The highest BCUT2D eigenvalue weighted by molar-refractivity contribution is 5.98. The highest BCUT2D eigenvalue weighted by Gasteiger charge is 2.19. The molecule has 0 spiro atoms. The number of hydrogen-bond acceptors (Lipinski definition) is 6. The van der Waals surface area contributed by atoms with Gasteiger partial charge in [-0.05, 0) is 29.8 Å². The number of aromatic nitrogens is 6. The Hall–Kier alpha value is -5.64. The molecule has 9 nitrogen and oxygen atoms in total. The van der Waals surface area contributed by atoms with Crippen LogP contribution in [0, 0.1) is 5.82 Å². The molecular formula is C30H20FN7O2. The van der Waals surface area contributed by atoms with Crippen LogP contribution in [-0.4, -0.2) is 36.0 Å². The first kappa shape index (κ1) is 23.5. The molecule has 10 heteroatoms. The molecule has 194 valence electrons. The second kappa shape index (κ2) is 9.59. The molecule has 0 radical (unpaired) electrons. The van der Waals surface area contributed by atoms with Crippen molar-refractivity contribution in [2.75, 3.05) is 5.32 Å². The predicted octanol–water partition coefficient (Wildman–Crippen LogP) is 6.14. The second-order valence-corrected chi connectivity index (χ2v) is 9.28. The van der Waals surface area contributed by atoms with Crippen LogP contribution in [0.3, 0.4) is 0 Å². The number of halogens is 1. The molecule has 0 bridgehead atoms. The van der Waals surface area contributed by atoms with Gasteiger partial charge in [0.25, 0.3) is 0 Å². The zero-order chi connectivity index (χ0) is 27.1. The number of benzene rings is 2. The van der Waals surface area contributed by atoms with Gasteiger partial charge in [-0.25, -0.2) is 14.4 Å². The molecule has 40 heavy (non-hydrogen) atoms. The number of nitrogens with one attached hydrogen (secondary N) is 3. The van der Waals surface area contributed by atoms with Crippen LogP contribution in [0.1, 0.15) is 5.56 Å². The summed E-state index contributed by atoms with van der Waals surface area (Å²) >= 11 is 0. The van der Waals surface area contributed by atoms with E-state index < -0.39 is 5.82 Å². The lowest BCUT2D eigenvalue weighted by Crippen LogP contribution is -2.14. The number of aromatic amines is 2. The van der Waals surface area contributed by atoms with Gasteiger partial charge in [0.2, 0.25) is 5.91 Å². The van der Waals surface area contributed by atoms with Gasteiger partial charge in [-0.1, -0.05) is 30.3 Å². The fraction of sp³-hybridized carbons (Fsp3) is 0.0333. The predicted molar refractivity (Wildman–Crippen MR) is 149 cm³/mol. The smallest absolute Gasteiger partial charge is 0.228 e. The number of anilines is 1. The summed E-state index contributed by atoms with van der Waals surface area (Å²) in [7, 11) is 0. The Labute approximate surface area is 226 Å². The Bertz CT molecular complexity index is 2000. The highest BCUT2D eigenvalue weighted by atomic mass is 19.1. The minimum atomic E-state index is -0.453. The van der Waals surface area contributed by atoms with Gasteiger partial charge in [-0.2, -0.15) is 5.10 Å². The van der Waals surface area contributed by atoms with E-state index in [2.05, 4.69) is 30.5 Å². The summed E-state index contributed by atoms with van der Waals surface area (Å²) in [6.07, 6.45) is 8.25. The molecule has 0 aliphatic carbocycles. The molecular weight excluding hydrogens is 509 g/mol. The molecule has 0 saturated carbocycles. The van der Waals surface area contributed by atoms with E-state index in [9.17, 15) is 4.79 Å². The highest BCUT2D eigenvalue weighted by Crippen LogP contribution is 2.34. The summed E-state index contributed by atoms with van der Waals surface area (Å²) in [5.74, 6) is -0.153. The quantitative estimate of drug-likeness (QED) is 0.238. The van der Waals surface area contributed by atoms with Crippen molar-refractivity contribution in [3.05, 3.63) is 103 Å². The molecule has 0 fully saturated rings. The summed E-state index contributed by atoms with van der Waals surface area (Å²) in [6.45, 7) is 0. The maximum Gasteiger partial charge on any atom is 0.228 e. The van der Waals surface area contributed by atoms with Crippen LogP contribution in [0.4, 0.5) is 10.1 Å². The number of H-pyrrole nitrogens is 2. The minimum Gasteiger partial charge on any atom is -0.472 e. The largest absolute Gasteiger partial charge is 0.472 e. The standard InChI is InChI=1S/C30H20FN7O2/c31-24-13-25-23(12-22(24)19-11-20(15-32-14-19)34-26(39)10-17-4-2-1-3-5-17)28(38-37-25)30-35-27-21(18-7-9-40-16-18)6-8-33-29(27)36-30/h1-9,11-16H,10H2,(H,34,39)(H,37,38)(H,33,35,36). The van der Waals surface area contributed by atoms with Gasteiger partial charge in [0.1, 0.15) is 17.0 Å². The number of rotatable bonds is 6. The average molecular weight is 530 g/mol. The van der Waals surface area contributed by atoms with Crippen molar-refractivity contribution >= 4 is 33.7 Å². The number of nitrogens with zero attached hydrogens (tertiary/aromatic N) is 4. The molecule has 0 aliphatic rings. The third kappa shape index (κ3) is 4.27. The Balaban J connectivity index is 1.24. The topological polar surface area (TPSA) is 125 Å². The lowest BCUT2D eigenvalue weighted by molar-refractivity contribution is -0.115. The van der Waals surface area contributed by atoms with E-state index in [1.54, 1.807) is 37.1 Å². The van der Waals surface area contributed by atoms with Crippen LogP contribution >= 0.6 is 0 Å². The Morgan fingerprint density at radius 2 is 1.90 bits per heavy atom. The van der Waals surface area contributed by atoms with Gasteiger partial charge in [-0.3, -0.25) is 14.9 Å². The lowest BCUT2D eigenvalue weighted by Gasteiger charge is -2.08. The van der Waals surface area contributed by atoms with Crippen LogP contribution in [0.25, 0.3) is 55.8 Å². The molecule has 1 amide bonds. The fourth-order valence-corrected chi connectivity index (χ4v) is 4.76. The van der Waals surface area contributed by atoms with Crippen molar-refractivity contribution in [3.63, 3.8) is 0 Å². The molecule has 0 saturated heterocycles. The van der Waals surface area contributed by atoms with E-state index in [1.807, 2.05) is 42.5 Å². The Morgan fingerprint density at radius 3 is 2.75 bits per heavy atom. The number of carbonyl (C=O) groups is 1. The summed E-state index contributed by atoms with van der Waals surface area (Å²) in [4.78, 5) is 29.2. The number of imidazole rings is 1. The number of fused-ring (bicyclic) bond motifs is 2. The summed E-state index contributed by atoms with van der Waals surface area (Å²) < 4.78 is 20.5. The zero-order valence-electron chi connectivity index (χ0n) is 20.9. The summed E-state index contributed by atoms with van der Waals surface area (Å²) in [6, 6.07) is 17.9. The molecule has 3 N–H and O–H groups in total. The molecule has 5 heterocycles. The Morgan fingerprint density at radius 1 is 1.00 bits per heavy atom. The van der Waals surface area contributed by atoms with Crippen molar-refractivity contribution in [2.24, 2.45) is 0 Å². The maximum absolute atomic E-state index is 15.3. The first-order chi connectivity index (χ1) is 19.6. The number of carbonyl (C=O) groups excluding carboxylic acids is 1. The van der Waals surface area contributed by atoms with E-state index >= 15 is 4.39 Å². The number of amides is 1. The molecule has 0 atom stereocenters. The third-order valence-corrected chi connectivity index (χ3v) is 6.63. The van der Waals surface area contributed by atoms with Crippen LogP contribution in [0.5, 0.6) is 0 Å². The molecule has 2 aromatic carbocycles. The van der Waals surface area contributed by atoms with Gasteiger partial charge >= 0.3 is 0 Å². The molecule has 5 aromatic heterocycles. The number of pyridine rings is 2. The summed E-state index contributed by atoms with van der Waals surface area (Å²) in [5.41, 5.74) is 6.23. The molecule has 0 unspecified atom stereocenters. The van der Waals surface area contributed by atoms with Gasteiger partial charge in [0, 0.05) is 46.1 Å². The van der Waals surface area contributed by atoms with E-state index in [0.717, 1.165) is 16.7 Å². The van der Waals surface area contributed by atoms with Gasteiger partial charge in [-0.15, -0.1) is 0 Å². The van der Waals surface area contributed by atoms with Crippen LogP contribution < -0.4 is 5.32 Å². The van der Waals surface area contributed by atoms with Crippen molar-refractivity contribution < 1.29 is 13.6 Å². The van der Waals surface area contributed by atoms with Crippen molar-refractivity contribution in [3.8, 4) is 33.8 Å².